The van der Waals surface area contributed by atoms with Gasteiger partial charge >= 0.3 is 0 Å². The summed E-state index contributed by atoms with van der Waals surface area (Å²) in [4.78, 5) is 8.62. The summed E-state index contributed by atoms with van der Waals surface area (Å²) < 4.78 is 16.6. The first kappa shape index (κ1) is 18.1. The summed E-state index contributed by atoms with van der Waals surface area (Å²) in [5, 5.41) is 4.18. The third-order valence-corrected chi connectivity index (χ3v) is 3.85. The summed E-state index contributed by atoms with van der Waals surface area (Å²) in [6.45, 7) is 3.95. The molecule has 26 heavy (non-hydrogen) atoms. The summed E-state index contributed by atoms with van der Waals surface area (Å²) in [7, 11) is 3.16. The summed E-state index contributed by atoms with van der Waals surface area (Å²) in [5.74, 6) is 2.44. The number of anilines is 2. The number of fused-ring (bicyclic) bond motifs is 1. The topological polar surface area (TPSA) is 65.5 Å². The fourth-order valence-corrected chi connectivity index (χ4v) is 2.75. The van der Waals surface area contributed by atoms with E-state index in [9.17, 15) is 0 Å². The second-order valence-electron chi connectivity index (χ2n) is 5.85. The number of hydrogen-bond acceptors (Lipinski definition) is 6. The zero-order valence-corrected chi connectivity index (χ0v) is 15.8. The molecule has 0 aliphatic rings. The molecule has 0 unspecified atom stereocenters. The van der Waals surface area contributed by atoms with Crippen LogP contribution in [-0.2, 0) is 0 Å². The van der Waals surface area contributed by atoms with Gasteiger partial charge < -0.3 is 19.5 Å². The molecule has 6 nitrogen and oxygen atoms in total. The minimum atomic E-state index is 0.0491. The molecule has 3 rings (SSSR count). The van der Waals surface area contributed by atoms with Gasteiger partial charge in [0, 0.05) is 11.5 Å². The summed E-state index contributed by atoms with van der Waals surface area (Å²) in [5.41, 5.74) is 1.43. The van der Waals surface area contributed by atoms with E-state index in [4.69, 9.17) is 25.8 Å². The Labute approximate surface area is 157 Å². The largest absolute Gasteiger partial charge is 0.493 e. The van der Waals surface area contributed by atoms with Crippen LogP contribution in [0.4, 0.5) is 11.5 Å². The van der Waals surface area contributed by atoms with Gasteiger partial charge in [-0.2, -0.15) is 4.98 Å². The van der Waals surface area contributed by atoms with Crippen molar-refractivity contribution in [1.29, 1.82) is 0 Å². The van der Waals surface area contributed by atoms with Crippen LogP contribution in [0.25, 0.3) is 10.9 Å². The van der Waals surface area contributed by atoms with E-state index in [0.717, 1.165) is 16.8 Å². The Hall–Kier alpha value is -2.73. The molecule has 136 valence electrons. The Bertz CT molecular complexity index is 931. The quantitative estimate of drug-likeness (QED) is 0.624. The van der Waals surface area contributed by atoms with Crippen molar-refractivity contribution in [3.8, 4) is 17.2 Å². The van der Waals surface area contributed by atoms with Gasteiger partial charge in [0.1, 0.15) is 11.6 Å². The van der Waals surface area contributed by atoms with E-state index in [1.165, 1.54) is 0 Å². The van der Waals surface area contributed by atoms with Gasteiger partial charge in [-0.15, -0.1) is 0 Å². The normalized spacial score (nSPS) is 10.8. The maximum Gasteiger partial charge on any atom is 0.224 e. The van der Waals surface area contributed by atoms with Crippen LogP contribution in [0.5, 0.6) is 17.2 Å². The monoisotopic (exact) mass is 373 g/mol. The number of rotatable bonds is 6. The molecule has 1 N–H and O–H groups in total. The fraction of sp³-hybridized carbons (Fsp3) is 0.263. The molecule has 0 fully saturated rings. The predicted octanol–water partition coefficient (Wildman–Crippen LogP) is 4.83. The molecule has 0 atom stereocenters. The molecule has 0 aliphatic carbocycles. The molecule has 0 amide bonds. The molecule has 1 aromatic heterocycles. The number of benzene rings is 2. The van der Waals surface area contributed by atoms with Crippen molar-refractivity contribution < 1.29 is 14.2 Å². The van der Waals surface area contributed by atoms with Crippen LogP contribution >= 0.6 is 11.6 Å². The second-order valence-corrected chi connectivity index (χ2v) is 6.19. The molecular weight excluding hydrogens is 354 g/mol. The van der Waals surface area contributed by atoms with Crippen LogP contribution in [0.1, 0.15) is 13.8 Å². The molecule has 0 aliphatic heterocycles. The maximum absolute atomic E-state index is 6.12. The lowest BCUT2D eigenvalue weighted by molar-refractivity contribution is 0.244. The van der Waals surface area contributed by atoms with Crippen LogP contribution in [0.15, 0.2) is 36.4 Å². The van der Waals surface area contributed by atoms with Gasteiger partial charge in [-0.05, 0) is 43.6 Å². The first-order valence-electron chi connectivity index (χ1n) is 8.13. The lowest BCUT2D eigenvalue weighted by Crippen LogP contribution is -2.08. The molecule has 0 bridgehead atoms. The van der Waals surface area contributed by atoms with E-state index in [1.807, 2.05) is 44.2 Å². The van der Waals surface area contributed by atoms with E-state index >= 15 is 0 Å². The number of nitrogens with zero attached hydrogens (tertiary/aromatic N) is 2. The van der Waals surface area contributed by atoms with Gasteiger partial charge in [-0.1, -0.05) is 12.1 Å². The Balaban J connectivity index is 2.11. The van der Waals surface area contributed by atoms with E-state index < -0.39 is 0 Å². The Morgan fingerprint density at radius 3 is 2.35 bits per heavy atom. The minimum absolute atomic E-state index is 0.0491. The van der Waals surface area contributed by atoms with Gasteiger partial charge in [0.25, 0.3) is 0 Å². The van der Waals surface area contributed by atoms with Crippen LogP contribution < -0.4 is 19.5 Å². The first-order valence-corrected chi connectivity index (χ1v) is 8.51. The van der Waals surface area contributed by atoms with Crippen molar-refractivity contribution in [1.82, 2.24) is 9.97 Å². The average Bonchev–Trinajstić information content (AvgIpc) is 2.61. The fourth-order valence-electron chi connectivity index (χ4n) is 2.58. The molecule has 0 saturated heterocycles. The van der Waals surface area contributed by atoms with Crippen LogP contribution in [-0.4, -0.2) is 30.3 Å². The van der Waals surface area contributed by atoms with Gasteiger partial charge in [-0.3, -0.25) is 0 Å². The molecule has 2 aromatic carbocycles. The number of para-hydroxylation sites is 2. The van der Waals surface area contributed by atoms with Gasteiger partial charge in [0.05, 0.1) is 31.5 Å². The van der Waals surface area contributed by atoms with Gasteiger partial charge in [-0.25, -0.2) is 4.98 Å². The number of ether oxygens (including phenoxy) is 3. The first-order chi connectivity index (χ1) is 12.5. The number of halogens is 1. The van der Waals surface area contributed by atoms with Crippen molar-refractivity contribution in [3.63, 3.8) is 0 Å². The van der Waals surface area contributed by atoms with E-state index in [0.29, 0.717) is 22.8 Å². The van der Waals surface area contributed by atoms with E-state index in [1.54, 1.807) is 20.3 Å². The molecule has 1 heterocycles. The molecule has 0 saturated carbocycles. The van der Waals surface area contributed by atoms with Crippen LogP contribution in [0.3, 0.4) is 0 Å². The van der Waals surface area contributed by atoms with Crippen LogP contribution in [0.2, 0.25) is 5.28 Å². The highest BCUT2D eigenvalue weighted by Crippen LogP contribution is 2.36. The third kappa shape index (κ3) is 3.75. The summed E-state index contributed by atoms with van der Waals surface area (Å²) in [6, 6.07) is 11.2. The highest BCUT2D eigenvalue weighted by Gasteiger charge is 2.14. The lowest BCUT2D eigenvalue weighted by atomic mass is 10.2. The average molecular weight is 374 g/mol. The number of hydrogen-bond donors (Lipinski definition) is 1. The smallest absolute Gasteiger partial charge is 0.224 e. The Morgan fingerprint density at radius 1 is 0.962 bits per heavy atom. The van der Waals surface area contributed by atoms with E-state index in [2.05, 4.69) is 15.3 Å². The standard InChI is InChI=1S/C19H20ClN3O3/c1-11(2)26-15-8-6-5-7-13(15)21-18-12-9-16(24-3)17(25-4)10-14(12)22-19(20)23-18/h5-11H,1-4H3,(H,21,22,23). The number of nitrogens with one attached hydrogen (secondary N) is 1. The highest BCUT2D eigenvalue weighted by atomic mass is 35.5. The Morgan fingerprint density at radius 2 is 1.65 bits per heavy atom. The van der Waals surface area contributed by atoms with Crippen molar-refractivity contribution in [2.24, 2.45) is 0 Å². The van der Waals surface area contributed by atoms with Crippen molar-refractivity contribution in [2.75, 3.05) is 19.5 Å². The number of aromatic nitrogens is 2. The second kappa shape index (κ2) is 7.66. The SMILES string of the molecule is COc1cc2nc(Cl)nc(Nc3ccccc3OC(C)C)c2cc1OC. The lowest BCUT2D eigenvalue weighted by Gasteiger charge is -2.16. The molecular formula is C19H20ClN3O3. The predicted molar refractivity (Wildman–Crippen MR) is 103 cm³/mol. The van der Waals surface area contributed by atoms with Crippen molar-refractivity contribution in [2.45, 2.75) is 20.0 Å². The van der Waals surface area contributed by atoms with Gasteiger partial charge in [0.15, 0.2) is 11.5 Å². The molecule has 3 aromatic rings. The number of methoxy groups -OCH3 is 2. The Kier molecular flexibility index (Phi) is 5.32. The van der Waals surface area contributed by atoms with Crippen molar-refractivity contribution >= 4 is 34.0 Å². The van der Waals surface area contributed by atoms with Crippen LogP contribution in [0, 0.1) is 0 Å². The summed E-state index contributed by atoms with van der Waals surface area (Å²) in [6.07, 6.45) is 0.0491. The molecule has 0 radical (unpaired) electrons. The summed E-state index contributed by atoms with van der Waals surface area (Å²) >= 11 is 6.12. The van der Waals surface area contributed by atoms with Crippen molar-refractivity contribution in [3.05, 3.63) is 41.7 Å². The van der Waals surface area contributed by atoms with E-state index in [-0.39, 0.29) is 11.4 Å². The zero-order valence-electron chi connectivity index (χ0n) is 15.0. The maximum atomic E-state index is 6.12. The molecule has 0 spiro atoms. The third-order valence-electron chi connectivity index (χ3n) is 3.68. The zero-order chi connectivity index (χ0) is 18.7. The molecule has 7 heteroatoms. The van der Waals surface area contributed by atoms with Gasteiger partial charge in [0.2, 0.25) is 5.28 Å². The minimum Gasteiger partial charge on any atom is -0.493 e. The highest BCUT2D eigenvalue weighted by molar-refractivity contribution is 6.28.